The van der Waals surface area contributed by atoms with Crippen LogP contribution in [0, 0.1) is 13.8 Å². The van der Waals surface area contributed by atoms with E-state index in [9.17, 15) is 5.11 Å². The van der Waals surface area contributed by atoms with Crippen LogP contribution in [0.1, 0.15) is 34.6 Å². The van der Waals surface area contributed by atoms with E-state index in [-0.39, 0.29) is 6.17 Å². The van der Waals surface area contributed by atoms with Crippen LogP contribution in [-0.4, -0.2) is 38.8 Å². The highest BCUT2D eigenvalue weighted by atomic mass is 16.5. The second-order valence-corrected chi connectivity index (χ2v) is 7.32. The summed E-state index contributed by atoms with van der Waals surface area (Å²) < 4.78 is 5.39. The number of methoxy groups -OCH3 is 1. The number of aliphatic hydroxyl groups is 1. The van der Waals surface area contributed by atoms with Gasteiger partial charge in [0.15, 0.2) is 5.60 Å². The molecule has 0 radical (unpaired) electrons. The molecule has 0 saturated carbocycles. The summed E-state index contributed by atoms with van der Waals surface area (Å²) in [5.41, 5.74) is 2.44. The Morgan fingerprint density at radius 3 is 2.20 bits per heavy atom. The van der Waals surface area contributed by atoms with E-state index in [0.29, 0.717) is 23.8 Å². The second kappa shape index (κ2) is 8.22. The van der Waals surface area contributed by atoms with Gasteiger partial charge in [0.25, 0.3) is 0 Å². The first-order chi connectivity index (χ1) is 14.5. The molecule has 1 unspecified atom stereocenters. The lowest BCUT2D eigenvalue weighted by molar-refractivity contribution is 0.0684. The van der Waals surface area contributed by atoms with E-state index in [1.807, 2.05) is 79.5 Å². The van der Waals surface area contributed by atoms with Crippen LogP contribution in [0.15, 0.2) is 72.7 Å². The van der Waals surface area contributed by atoms with Crippen molar-refractivity contribution in [1.82, 2.24) is 25.2 Å². The zero-order valence-electron chi connectivity index (χ0n) is 17.3. The van der Waals surface area contributed by atoms with E-state index in [2.05, 4.69) is 20.3 Å². The Balaban J connectivity index is 1.84. The van der Waals surface area contributed by atoms with Crippen LogP contribution in [0.5, 0.6) is 0 Å². The molecule has 1 atom stereocenters. The topological polar surface area (TPSA) is 83.4 Å². The normalized spacial score (nSPS) is 16.3. The van der Waals surface area contributed by atoms with Crippen molar-refractivity contribution in [3.05, 3.63) is 101 Å². The van der Waals surface area contributed by atoms with E-state index >= 15 is 0 Å². The minimum Gasteiger partial charge on any atom is -0.372 e. The van der Waals surface area contributed by atoms with Crippen LogP contribution < -0.4 is 5.32 Å². The lowest BCUT2D eigenvalue weighted by Crippen LogP contribution is -2.38. The van der Waals surface area contributed by atoms with Crippen molar-refractivity contribution in [3.63, 3.8) is 0 Å². The van der Waals surface area contributed by atoms with Gasteiger partial charge in [-0.05, 0) is 50.2 Å². The van der Waals surface area contributed by atoms with Crippen LogP contribution in [0.3, 0.4) is 0 Å². The van der Waals surface area contributed by atoms with E-state index in [1.54, 1.807) is 13.3 Å². The third-order valence-corrected chi connectivity index (χ3v) is 5.07. The van der Waals surface area contributed by atoms with Crippen LogP contribution in [0.2, 0.25) is 0 Å². The maximum atomic E-state index is 12.1. The third kappa shape index (κ3) is 3.65. The minimum atomic E-state index is -1.56. The number of hydrogen-bond donors (Lipinski definition) is 2. The Hall–Kier alpha value is -3.29. The van der Waals surface area contributed by atoms with Crippen LogP contribution in [0.4, 0.5) is 0 Å². The molecule has 7 heteroatoms. The fourth-order valence-electron chi connectivity index (χ4n) is 3.64. The molecule has 7 nitrogen and oxygen atoms in total. The van der Waals surface area contributed by atoms with Crippen molar-refractivity contribution >= 4 is 0 Å². The van der Waals surface area contributed by atoms with Gasteiger partial charge in [-0.15, -0.1) is 0 Å². The number of rotatable bonds is 6. The molecule has 154 valence electrons. The predicted octanol–water partition coefficient (Wildman–Crippen LogP) is 2.77. The van der Waals surface area contributed by atoms with Crippen molar-refractivity contribution < 1.29 is 9.84 Å². The summed E-state index contributed by atoms with van der Waals surface area (Å²) in [5.74, 6) is 0. The van der Waals surface area contributed by atoms with Gasteiger partial charge in [0.1, 0.15) is 12.9 Å². The maximum absolute atomic E-state index is 12.1. The van der Waals surface area contributed by atoms with Gasteiger partial charge in [-0.2, -0.15) is 0 Å². The molecule has 3 aromatic rings. The van der Waals surface area contributed by atoms with Gasteiger partial charge in [0.05, 0.1) is 22.8 Å². The fourth-order valence-corrected chi connectivity index (χ4v) is 3.64. The molecule has 1 aliphatic rings. The SMILES string of the molecule is COCN1C=C(C(O)(c2cccc(C)n2)c2cccc(C)n2)NC1c1ccccn1. The average Bonchev–Trinajstić information content (AvgIpc) is 3.18. The number of hydrogen-bond acceptors (Lipinski definition) is 7. The summed E-state index contributed by atoms with van der Waals surface area (Å²) in [4.78, 5) is 15.7. The highest BCUT2D eigenvalue weighted by Crippen LogP contribution is 2.38. The molecule has 0 spiro atoms. The summed E-state index contributed by atoms with van der Waals surface area (Å²) in [7, 11) is 1.64. The molecule has 3 aromatic heterocycles. The monoisotopic (exact) mass is 403 g/mol. The summed E-state index contributed by atoms with van der Waals surface area (Å²) >= 11 is 0. The zero-order chi connectivity index (χ0) is 21.1. The number of aryl methyl sites for hydroxylation is 2. The molecular formula is C23H25N5O2. The van der Waals surface area contributed by atoms with Gasteiger partial charge in [0.2, 0.25) is 0 Å². The molecule has 0 aliphatic carbocycles. The van der Waals surface area contributed by atoms with E-state index in [1.165, 1.54) is 0 Å². The number of aromatic nitrogens is 3. The number of pyridine rings is 3. The van der Waals surface area contributed by atoms with Crippen molar-refractivity contribution in [2.45, 2.75) is 25.6 Å². The highest BCUT2D eigenvalue weighted by Gasteiger charge is 2.44. The molecular weight excluding hydrogens is 378 g/mol. The van der Waals surface area contributed by atoms with E-state index < -0.39 is 5.60 Å². The largest absolute Gasteiger partial charge is 0.372 e. The lowest BCUT2D eigenvalue weighted by atomic mass is 9.90. The first kappa shape index (κ1) is 20.0. The first-order valence-electron chi connectivity index (χ1n) is 9.77. The Morgan fingerprint density at radius 2 is 1.67 bits per heavy atom. The zero-order valence-corrected chi connectivity index (χ0v) is 17.3. The molecule has 0 fully saturated rings. The van der Waals surface area contributed by atoms with Crippen molar-refractivity contribution in [2.24, 2.45) is 0 Å². The van der Waals surface area contributed by atoms with Crippen LogP contribution in [-0.2, 0) is 10.3 Å². The molecule has 0 aromatic carbocycles. The van der Waals surface area contributed by atoms with Crippen molar-refractivity contribution in [3.8, 4) is 0 Å². The molecule has 0 saturated heterocycles. The molecule has 2 N–H and O–H groups in total. The van der Waals surface area contributed by atoms with Gasteiger partial charge in [0, 0.05) is 30.9 Å². The van der Waals surface area contributed by atoms with E-state index in [0.717, 1.165) is 17.1 Å². The first-order valence-corrected chi connectivity index (χ1v) is 9.77. The summed E-state index contributed by atoms with van der Waals surface area (Å²) in [6.45, 7) is 4.13. The summed E-state index contributed by atoms with van der Waals surface area (Å²) in [6, 6.07) is 16.9. The van der Waals surface area contributed by atoms with Gasteiger partial charge < -0.3 is 20.1 Å². The van der Waals surface area contributed by atoms with Crippen molar-refractivity contribution in [2.75, 3.05) is 13.8 Å². The van der Waals surface area contributed by atoms with Crippen LogP contribution in [0.25, 0.3) is 0 Å². The molecule has 1 aliphatic heterocycles. The lowest BCUT2D eigenvalue weighted by Gasteiger charge is -2.30. The summed E-state index contributed by atoms with van der Waals surface area (Å²) in [5, 5.41) is 15.5. The van der Waals surface area contributed by atoms with E-state index in [4.69, 9.17) is 4.74 Å². The van der Waals surface area contributed by atoms with Gasteiger partial charge >= 0.3 is 0 Å². The number of ether oxygens (including phenoxy) is 1. The van der Waals surface area contributed by atoms with Crippen LogP contribution >= 0.6 is 0 Å². The van der Waals surface area contributed by atoms with Gasteiger partial charge in [-0.1, -0.05) is 18.2 Å². The smallest absolute Gasteiger partial charge is 0.190 e. The molecule has 4 rings (SSSR count). The Kier molecular flexibility index (Phi) is 5.48. The molecule has 0 bridgehead atoms. The standard InChI is InChI=1S/C23H25N5O2/c1-16-8-6-11-19(25-16)23(29,20-12-7-9-17(2)26-20)21-14-28(15-30-3)22(27-21)18-10-4-5-13-24-18/h4-14,22,27,29H,15H2,1-3H3. The average molecular weight is 403 g/mol. The third-order valence-electron chi connectivity index (χ3n) is 5.07. The molecule has 30 heavy (non-hydrogen) atoms. The quantitative estimate of drug-likeness (QED) is 0.655. The Labute approximate surface area is 176 Å². The van der Waals surface area contributed by atoms with Gasteiger partial charge in [-0.3, -0.25) is 15.0 Å². The molecule has 0 amide bonds. The Bertz CT molecular complexity index is 1010. The summed E-state index contributed by atoms with van der Waals surface area (Å²) in [6.07, 6.45) is 3.31. The predicted molar refractivity (Wildman–Crippen MR) is 113 cm³/mol. The number of nitrogens with one attached hydrogen (secondary N) is 1. The Morgan fingerprint density at radius 1 is 1.00 bits per heavy atom. The minimum absolute atomic E-state index is 0.290. The number of nitrogens with zero attached hydrogens (tertiary/aromatic N) is 4. The van der Waals surface area contributed by atoms with Gasteiger partial charge in [-0.25, -0.2) is 0 Å². The fraction of sp³-hybridized carbons (Fsp3) is 0.261. The highest BCUT2D eigenvalue weighted by molar-refractivity contribution is 5.41. The maximum Gasteiger partial charge on any atom is 0.190 e. The molecule has 4 heterocycles. The van der Waals surface area contributed by atoms with Crippen molar-refractivity contribution in [1.29, 1.82) is 0 Å². The second-order valence-electron chi connectivity index (χ2n) is 7.32.